The van der Waals surface area contributed by atoms with E-state index < -0.39 is 0 Å². The van der Waals surface area contributed by atoms with Crippen LogP contribution in [0.15, 0.2) is 36.4 Å². The molecule has 2 aromatic carbocycles. The van der Waals surface area contributed by atoms with Gasteiger partial charge in [-0.05, 0) is 43.7 Å². The molecule has 106 valence electrons. The summed E-state index contributed by atoms with van der Waals surface area (Å²) in [5.74, 6) is 1.45. The molecule has 0 fully saturated rings. The van der Waals surface area contributed by atoms with Gasteiger partial charge in [0.05, 0.1) is 10.5 Å². The zero-order chi connectivity index (χ0) is 15.0. The van der Waals surface area contributed by atoms with E-state index in [1.54, 1.807) is 0 Å². The van der Waals surface area contributed by atoms with Gasteiger partial charge in [-0.2, -0.15) is 0 Å². The number of fused-ring (bicyclic) bond motifs is 1. The van der Waals surface area contributed by atoms with Crippen LogP contribution in [0.2, 0.25) is 5.02 Å². The minimum atomic E-state index is 0.640. The highest BCUT2D eigenvalue weighted by atomic mass is 35.5. The van der Waals surface area contributed by atoms with E-state index in [1.807, 2.05) is 38.2 Å². The van der Waals surface area contributed by atoms with Crippen molar-refractivity contribution in [1.29, 1.82) is 0 Å². The Hall–Kier alpha value is -2.13. The van der Waals surface area contributed by atoms with Crippen LogP contribution in [0.25, 0.3) is 22.3 Å². The minimum Gasteiger partial charge on any atom is -0.373 e. The molecule has 1 N–H and O–H groups in total. The lowest BCUT2D eigenvalue weighted by molar-refractivity contribution is 1.21. The van der Waals surface area contributed by atoms with Gasteiger partial charge in [-0.1, -0.05) is 29.3 Å². The Morgan fingerprint density at radius 1 is 0.952 bits per heavy atom. The zero-order valence-corrected chi connectivity index (χ0v) is 13.0. The molecule has 1 aromatic heterocycles. The van der Waals surface area contributed by atoms with Gasteiger partial charge < -0.3 is 5.32 Å². The molecule has 0 radical (unpaired) electrons. The fourth-order valence-electron chi connectivity index (χ4n) is 2.35. The quantitative estimate of drug-likeness (QED) is 0.750. The summed E-state index contributed by atoms with van der Waals surface area (Å²) in [4.78, 5) is 9.26. The predicted octanol–water partition coefficient (Wildman–Crippen LogP) is 4.61. The summed E-state index contributed by atoms with van der Waals surface area (Å²) < 4.78 is 0. The molecule has 0 aliphatic carbocycles. The summed E-state index contributed by atoms with van der Waals surface area (Å²) in [7, 11) is 1.87. The molecule has 3 aromatic rings. The van der Waals surface area contributed by atoms with Gasteiger partial charge in [0.15, 0.2) is 5.82 Å². The first-order valence-corrected chi connectivity index (χ1v) is 7.19. The number of rotatable bonds is 2. The Morgan fingerprint density at radius 2 is 1.67 bits per heavy atom. The first-order valence-electron chi connectivity index (χ1n) is 6.81. The number of anilines is 1. The van der Waals surface area contributed by atoms with Crippen molar-refractivity contribution in [2.75, 3.05) is 12.4 Å². The monoisotopic (exact) mass is 297 g/mol. The Bertz CT molecular complexity index is 828. The summed E-state index contributed by atoms with van der Waals surface area (Å²) in [5.41, 5.74) is 4.06. The number of hydrogen-bond acceptors (Lipinski definition) is 3. The van der Waals surface area contributed by atoms with E-state index in [-0.39, 0.29) is 0 Å². The van der Waals surface area contributed by atoms with E-state index in [0.29, 0.717) is 10.8 Å². The molecule has 0 unspecified atom stereocenters. The van der Waals surface area contributed by atoms with E-state index in [2.05, 4.69) is 34.3 Å². The third-order valence-corrected chi connectivity index (χ3v) is 3.77. The van der Waals surface area contributed by atoms with E-state index in [9.17, 15) is 0 Å². The summed E-state index contributed by atoms with van der Waals surface area (Å²) in [6.07, 6.45) is 0. The molecular formula is C17H16ClN3. The maximum absolute atomic E-state index is 6.34. The highest BCUT2D eigenvalue weighted by Gasteiger charge is 2.11. The van der Waals surface area contributed by atoms with Crippen LogP contribution in [0.5, 0.6) is 0 Å². The second-order valence-electron chi connectivity index (χ2n) is 5.15. The van der Waals surface area contributed by atoms with Gasteiger partial charge in [0, 0.05) is 18.0 Å². The molecule has 0 saturated carbocycles. The number of aromatic nitrogens is 2. The number of hydrogen-bond donors (Lipinski definition) is 1. The number of nitrogens with one attached hydrogen (secondary N) is 1. The largest absolute Gasteiger partial charge is 0.373 e. The molecule has 0 atom stereocenters. The average Bonchev–Trinajstić information content (AvgIpc) is 2.46. The van der Waals surface area contributed by atoms with Crippen LogP contribution in [-0.2, 0) is 0 Å². The fraction of sp³-hybridized carbons (Fsp3) is 0.176. The topological polar surface area (TPSA) is 37.8 Å². The zero-order valence-electron chi connectivity index (χ0n) is 12.2. The lowest BCUT2D eigenvalue weighted by atomic mass is 10.1. The molecule has 3 nitrogen and oxygen atoms in total. The van der Waals surface area contributed by atoms with Crippen molar-refractivity contribution in [3.63, 3.8) is 0 Å². The first kappa shape index (κ1) is 13.8. The standard InChI is InChI=1S/C17H16ClN3/c1-10-5-7-15-13(8-10)16(19-3)21-17(20-15)12-6-4-11(2)9-14(12)18/h4-9H,1-3H3,(H,19,20,21). The maximum Gasteiger partial charge on any atom is 0.163 e. The summed E-state index contributed by atoms with van der Waals surface area (Å²) >= 11 is 6.34. The Balaban J connectivity index is 2.26. The smallest absolute Gasteiger partial charge is 0.163 e. The summed E-state index contributed by atoms with van der Waals surface area (Å²) in [6.45, 7) is 4.07. The van der Waals surface area contributed by atoms with Crippen molar-refractivity contribution < 1.29 is 0 Å². The van der Waals surface area contributed by atoms with E-state index in [0.717, 1.165) is 27.8 Å². The van der Waals surface area contributed by atoms with E-state index in [1.165, 1.54) is 5.56 Å². The highest BCUT2D eigenvalue weighted by molar-refractivity contribution is 6.33. The van der Waals surface area contributed by atoms with Gasteiger partial charge in [-0.15, -0.1) is 0 Å². The Morgan fingerprint density at radius 3 is 2.38 bits per heavy atom. The molecular weight excluding hydrogens is 282 g/mol. The van der Waals surface area contributed by atoms with Crippen LogP contribution >= 0.6 is 11.6 Å². The van der Waals surface area contributed by atoms with Crippen LogP contribution in [0.4, 0.5) is 5.82 Å². The highest BCUT2D eigenvalue weighted by Crippen LogP contribution is 2.30. The fourth-order valence-corrected chi connectivity index (χ4v) is 2.67. The Kier molecular flexibility index (Phi) is 3.52. The third-order valence-electron chi connectivity index (χ3n) is 3.45. The lowest BCUT2D eigenvalue weighted by Gasteiger charge is -2.10. The summed E-state index contributed by atoms with van der Waals surface area (Å²) in [6, 6.07) is 12.1. The molecule has 21 heavy (non-hydrogen) atoms. The molecule has 0 aliphatic heterocycles. The maximum atomic E-state index is 6.34. The molecule has 3 rings (SSSR count). The number of aryl methyl sites for hydroxylation is 2. The van der Waals surface area contributed by atoms with Crippen molar-refractivity contribution in [2.45, 2.75) is 13.8 Å². The van der Waals surface area contributed by atoms with Gasteiger partial charge in [0.25, 0.3) is 0 Å². The second-order valence-corrected chi connectivity index (χ2v) is 5.56. The van der Waals surface area contributed by atoms with E-state index in [4.69, 9.17) is 11.6 Å². The molecule has 4 heteroatoms. The summed E-state index contributed by atoms with van der Waals surface area (Å²) in [5, 5.41) is 4.83. The molecule has 0 saturated heterocycles. The molecule has 1 heterocycles. The molecule has 0 bridgehead atoms. The van der Waals surface area contributed by atoms with Crippen LogP contribution in [0.3, 0.4) is 0 Å². The average molecular weight is 298 g/mol. The molecule has 0 aliphatic rings. The second kappa shape index (κ2) is 5.34. The number of halogens is 1. The van der Waals surface area contributed by atoms with Crippen molar-refractivity contribution in [1.82, 2.24) is 9.97 Å². The van der Waals surface area contributed by atoms with Crippen molar-refractivity contribution in [2.24, 2.45) is 0 Å². The normalized spacial score (nSPS) is 10.9. The van der Waals surface area contributed by atoms with Crippen LogP contribution < -0.4 is 5.32 Å². The van der Waals surface area contributed by atoms with Crippen LogP contribution in [0, 0.1) is 13.8 Å². The van der Waals surface area contributed by atoms with Crippen molar-refractivity contribution >= 4 is 28.3 Å². The van der Waals surface area contributed by atoms with Crippen molar-refractivity contribution in [3.05, 3.63) is 52.5 Å². The first-order chi connectivity index (χ1) is 10.1. The predicted molar refractivity (Wildman–Crippen MR) is 89.0 cm³/mol. The van der Waals surface area contributed by atoms with Crippen LogP contribution in [-0.4, -0.2) is 17.0 Å². The van der Waals surface area contributed by atoms with Crippen LogP contribution in [0.1, 0.15) is 11.1 Å². The van der Waals surface area contributed by atoms with Gasteiger partial charge in [-0.3, -0.25) is 0 Å². The van der Waals surface area contributed by atoms with Crippen molar-refractivity contribution in [3.8, 4) is 11.4 Å². The SMILES string of the molecule is CNc1nc(-c2ccc(C)cc2Cl)nc2ccc(C)cc12. The third kappa shape index (κ3) is 2.57. The van der Waals surface area contributed by atoms with E-state index >= 15 is 0 Å². The molecule has 0 amide bonds. The number of benzene rings is 2. The Labute approximate surface area is 129 Å². The lowest BCUT2D eigenvalue weighted by Crippen LogP contribution is -1.99. The minimum absolute atomic E-state index is 0.640. The number of nitrogens with zero attached hydrogens (tertiary/aromatic N) is 2. The van der Waals surface area contributed by atoms with Gasteiger partial charge in [0.1, 0.15) is 5.82 Å². The van der Waals surface area contributed by atoms with Gasteiger partial charge in [-0.25, -0.2) is 9.97 Å². The van der Waals surface area contributed by atoms with Gasteiger partial charge >= 0.3 is 0 Å². The van der Waals surface area contributed by atoms with Gasteiger partial charge in [0.2, 0.25) is 0 Å². The molecule has 0 spiro atoms.